The van der Waals surface area contributed by atoms with E-state index in [0.717, 1.165) is 0 Å². The van der Waals surface area contributed by atoms with Gasteiger partial charge in [0.15, 0.2) is 0 Å². The maximum absolute atomic E-state index is 10.7. The van der Waals surface area contributed by atoms with Crippen LogP contribution in [0.4, 0.5) is 17.3 Å². The molecule has 1 aromatic rings. The predicted molar refractivity (Wildman–Crippen MR) is 56.4 cm³/mol. The normalized spacial score (nSPS) is 10.3. The molecule has 1 rings (SSSR count). The van der Waals surface area contributed by atoms with Crippen LogP contribution in [0.15, 0.2) is 6.33 Å². The Morgan fingerprint density at radius 2 is 2.27 bits per heavy atom. The van der Waals surface area contributed by atoms with Crippen molar-refractivity contribution in [3.05, 3.63) is 16.4 Å². The first kappa shape index (κ1) is 11.2. The Kier molecular flexibility index (Phi) is 3.37. The van der Waals surface area contributed by atoms with Crippen LogP contribution in [0.3, 0.4) is 0 Å². The van der Waals surface area contributed by atoms with Crippen molar-refractivity contribution in [1.29, 1.82) is 0 Å². The number of rotatable bonds is 4. The summed E-state index contributed by atoms with van der Waals surface area (Å²) in [5.74, 6) is 0.406. The number of hydrogen-bond acceptors (Lipinski definition) is 6. The van der Waals surface area contributed by atoms with Gasteiger partial charge in [-0.1, -0.05) is 13.8 Å². The molecule has 82 valence electrons. The smallest absolute Gasteiger partial charge is 0.352 e. The fraction of sp³-hybridized carbons (Fsp3) is 0.500. The maximum Gasteiger partial charge on any atom is 0.352 e. The second kappa shape index (κ2) is 4.54. The first-order valence-electron chi connectivity index (χ1n) is 4.51. The highest BCUT2D eigenvalue weighted by molar-refractivity contribution is 5.67. The number of anilines is 2. The van der Waals surface area contributed by atoms with E-state index >= 15 is 0 Å². The van der Waals surface area contributed by atoms with Gasteiger partial charge in [0, 0.05) is 6.54 Å². The number of aromatic nitrogens is 2. The number of nitrogens with one attached hydrogen (secondary N) is 1. The Hall–Kier alpha value is -1.92. The molecule has 3 N–H and O–H groups in total. The predicted octanol–water partition coefficient (Wildman–Crippen LogP) is 1.03. The monoisotopic (exact) mass is 211 g/mol. The zero-order valence-corrected chi connectivity index (χ0v) is 8.60. The molecule has 0 aliphatic rings. The van der Waals surface area contributed by atoms with Crippen LogP contribution in [0.1, 0.15) is 13.8 Å². The Balaban J connectivity index is 2.96. The molecule has 0 saturated carbocycles. The van der Waals surface area contributed by atoms with Gasteiger partial charge < -0.3 is 11.1 Å². The summed E-state index contributed by atoms with van der Waals surface area (Å²) in [5.41, 5.74) is 5.13. The fourth-order valence-electron chi connectivity index (χ4n) is 1.00. The lowest BCUT2D eigenvalue weighted by Gasteiger charge is -2.08. The van der Waals surface area contributed by atoms with Gasteiger partial charge in [0.05, 0.1) is 4.92 Å². The molecule has 0 amide bonds. The molecule has 7 nitrogen and oxygen atoms in total. The molecule has 0 fully saturated rings. The van der Waals surface area contributed by atoms with Gasteiger partial charge in [-0.15, -0.1) is 0 Å². The molecule has 0 aliphatic heterocycles. The van der Waals surface area contributed by atoms with Crippen molar-refractivity contribution in [1.82, 2.24) is 9.97 Å². The zero-order valence-electron chi connectivity index (χ0n) is 8.60. The third kappa shape index (κ3) is 2.76. The molecule has 0 bridgehead atoms. The molecule has 0 unspecified atom stereocenters. The number of nitrogens with zero attached hydrogens (tertiary/aromatic N) is 3. The SMILES string of the molecule is CC(C)CNc1ncnc(N)c1[N+](=O)[O-]. The third-order valence-electron chi connectivity index (χ3n) is 1.71. The minimum Gasteiger partial charge on any atom is -0.378 e. The molecule has 0 aliphatic carbocycles. The molecular weight excluding hydrogens is 198 g/mol. The molecule has 1 aromatic heterocycles. The lowest BCUT2D eigenvalue weighted by Crippen LogP contribution is -2.12. The molecule has 7 heteroatoms. The number of nitrogen functional groups attached to an aromatic ring is 1. The fourth-order valence-corrected chi connectivity index (χ4v) is 1.00. The molecule has 0 radical (unpaired) electrons. The van der Waals surface area contributed by atoms with Crippen molar-refractivity contribution in [2.24, 2.45) is 5.92 Å². The van der Waals surface area contributed by atoms with Crippen LogP contribution < -0.4 is 11.1 Å². The van der Waals surface area contributed by atoms with Crippen LogP contribution in [-0.2, 0) is 0 Å². The first-order valence-corrected chi connectivity index (χ1v) is 4.51. The van der Waals surface area contributed by atoms with Crippen LogP contribution in [0.25, 0.3) is 0 Å². The van der Waals surface area contributed by atoms with Crippen LogP contribution in [0, 0.1) is 16.0 Å². The van der Waals surface area contributed by atoms with E-state index in [4.69, 9.17) is 5.73 Å². The van der Waals surface area contributed by atoms with Crippen molar-refractivity contribution in [2.75, 3.05) is 17.6 Å². The molecule has 0 saturated heterocycles. The summed E-state index contributed by atoms with van der Waals surface area (Å²) >= 11 is 0. The lowest BCUT2D eigenvalue weighted by molar-refractivity contribution is -0.383. The molecule has 1 heterocycles. The van der Waals surface area contributed by atoms with Crippen molar-refractivity contribution in [3.8, 4) is 0 Å². The summed E-state index contributed by atoms with van der Waals surface area (Å²) in [7, 11) is 0. The van der Waals surface area contributed by atoms with E-state index in [9.17, 15) is 10.1 Å². The standard InChI is InChI=1S/C8H13N5O2/c1-5(2)3-10-8-6(13(14)15)7(9)11-4-12-8/h4-5H,3H2,1-2H3,(H3,9,10,11,12). The number of nitrogens with two attached hydrogens (primary N) is 1. The van der Waals surface area contributed by atoms with Gasteiger partial charge in [0.25, 0.3) is 0 Å². The Bertz CT molecular complexity index is 366. The Morgan fingerprint density at radius 3 is 2.80 bits per heavy atom. The second-order valence-electron chi connectivity index (χ2n) is 3.49. The van der Waals surface area contributed by atoms with Crippen LogP contribution in [-0.4, -0.2) is 21.4 Å². The van der Waals surface area contributed by atoms with Crippen LogP contribution in [0.5, 0.6) is 0 Å². The average molecular weight is 211 g/mol. The van der Waals surface area contributed by atoms with Crippen LogP contribution >= 0.6 is 0 Å². The highest BCUT2D eigenvalue weighted by atomic mass is 16.6. The van der Waals surface area contributed by atoms with Crippen molar-refractivity contribution < 1.29 is 4.92 Å². The first-order chi connectivity index (χ1) is 7.02. The summed E-state index contributed by atoms with van der Waals surface area (Å²) in [4.78, 5) is 17.5. The van der Waals surface area contributed by atoms with E-state index in [0.29, 0.717) is 12.5 Å². The van der Waals surface area contributed by atoms with Crippen molar-refractivity contribution in [2.45, 2.75) is 13.8 Å². The average Bonchev–Trinajstić information content (AvgIpc) is 2.13. The highest BCUT2D eigenvalue weighted by Crippen LogP contribution is 2.26. The third-order valence-corrected chi connectivity index (χ3v) is 1.71. The topological polar surface area (TPSA) is 107 Å². The van der Waals surface area contributed by atoms with Gasteiger partial charge in [-0.25, -0.2) is 9.97 Å². The molecule has 0 atom stereocenters. The van der Waals surface area contributed by atoms with Gasteiger partial charge >= 0.3 is 5.69 Å². The molecule has 15 heavy (non-hydrogen) atoms. The van der Waals surface area contributed by atoms with Gasteiger partial charge in [-0.2, -0.15) is 0 Å². The zero-order chi connectivity index (χ0) is 11.4. The van der Waals surface area contributed by atoms with Crippen LogP contribution in [0.2, 0.25) is 0 Å². The highest BCUT2D eigenvalue weighted by Gasteiger charge is 2.20. The minimum atomic E-state index is -0.585. The van der Waals surface area contributed by atoms with Crippen molar-refractivity contribution >= 4 is 17.3 Å². The summed E-state index contributed by atoms with van der Waals surface area (Å²) < 4.78 is 0. The van der Waals surface area contributed by atoms with Crippen molar-refractivity contribution in [3.63, 3.8) is 0 Å². The maximum atomic E-state index is 10.7. The second-order valence-corrected chi connectivity index (χ2v) is 3.49. The summed E-state index contributed by atoms with van der Waals surface area (Å²) in [6.07, 6.45) is 1.20. The summed E-state index contributed by atoms with van der Waals surface area (Å²) in [6.45, 7) is 4.57. The summed E-state index contributed by atoms with van der Waals surface area (Å²) in [6, 6.07) is 0. The van der Waals surface area contributed by atoms with E-state index in [1.807, 2.05) is 13.8 Å². The molecule has 0 aromatic carbocycles. The van der Waals surface area contributed by atoms with E-state index in [1.165, 1.54) is 6.33 Å². The Labute approximate surface area is 86.9 Å². The largest absolute Gasteiger partial charge is 0.378 e. The number of nitro groups is 1. The van der Waals surface area contributed by atoms with E-state index < -0.39 is 4.92 Å². The minimum absolute atomic E-state index is 0.124. The quantitative estimate of drug-likeness (QED) is 0.569. The summed E-state index contributed by atoms with van der Waals surface area (Å²) in [5, 5.41) is 13.6. The van der Waals surface area contributed by atoms with E-state index in [-0.39, 0.29) is 17.3 Å². The van der Waals surface area contributed by atoms with Gasteiger partial charge in [0.2, 0.25) is 11.6 Å². The Morgan fingerprint density at radius 1 is 1.60 bits per heavy atom. The molecular formula is C8H13N5O2. The van der Waals surface area contributed by atoms with Gasteiger partial charge in [-0.05, 0) is 5.92 Å². The van der Waals surface area contributed by atoms with E-state index in [1.54, 1.807) is 0 Å². The number of hydrogen-bond donors (Lipinski definition) is 2. The van der Waals surface area contributed by atoms with Gasteiger partial charge in [-0.3, -0.25) is 10.1 Å². The van der Waals surface area contributed by atoms with Gasteiger partial charge in [0.1, 0.15) is 6.33 Å². The molecule has 0 spiro atoms. The van der Waals surface area contributed by atoms with E-state index in [2.05, 4.69) is 15.3 Å². The lowest BCUT2D eigenvalue weighted by atomic mass is 10.2.